The van der Waals surface area contributed by atoms with Gasteiger partial charge in [0.25, 0.3) is 5.60 Å². The van der Waals surface area contributed by atoms with Crippen molar-refractivity contribution in [3.8, 4) is 5.75 Å². The molecule has 0 saturated carbocycles. The third-order valence-electron chi connectivity index (χ3n) is 3.51. The number of rotatable bonds is 4. The minimum Gasteiger partial charge on any atom is -0.380 e. The SMILES string of the molecule is CN(Oc1cccc(F)c1)c1ccc(C(O)(C(F)(F)F)C(F)(F)F)cc1. The molecule has 2 aromatic carbocycles. The first-order valence-electron chi connectivity index (χ1n) is 7.00. The predicted molar refractivity (Wildman–Crippen MR) is 77.9 cm³/mol. The van der Waals surface area contributed by atoms with Crippen LogP contribution >= 0.6 is 0 Å². The Labute approximate surface area is 143 Å². The Balaban J connectivity index is 2.29. The fraction of sp³-hybridized carbons (Fsp3) is 0.250. The lowest BCUT2D eigenvalue weighted by Crippen LogP contribution is -2.53. The third-order valence-corrected chi connectivity index (χ3v) is 3.51. The van der Waals surface area contributed by atoms with Crippen molar-refractivity contribution in [3.63, 3.8) is 0 Å². The molecule has 0 aliphatic rings. The first kappa shape index (κ1) is 19.8. The molecule has 0 bridgehead atoms. The molecule has 0 amide bonds. The monoisotopic (exact) mass is 383 g/mol. The summed E-state index contributed by atoms with van der Waals surface area (Å²) in [7, 11) is 1.32. The van der Waals surface area contributed by atoms with E-state index < -0.39 is 29.3 Å². The molecule has 142 valence electrons. The second kappa shape index (κ2) is 6.67. The van der Waals surface area contributed by atoms with Gasteiger partial charge in [0.2, 0.25) is 0 Å². The molecule has 26 heavy (non-hydrogen) atoms. The topological polar surface area (TPSA) is 32.7 Å². The van der Waals surface area contributed by atoms with Crippen LogP contribution in [0.4, 0.5) is 36.4 Å². The maximum absolute atomic E-state index is 13.1. The molecule has 0 spiro atoms. The van der Waals surface area contributed by atoms with Gasteiger partial charge < -0.3 is 9.94 Å². The molecular formula is C16H12F7NO2. The highest BCUT2D eigenvalue weighted by Gasteiger charge is 2.71. The van der Waals surface area contributed by atoms with Gasteiger partial charge in [0.15, 0.2) is 5.75 Å². The van der Waals surface area contributed by atoms with Crippen LogP contribution in [-0.2, 0) is 5.60 Å². The standard InChI is InChI=1S/C16H12F7NO2/c1-24(26-13-4-2-3-11(17)9-13)12-7-5-10(6-8-12)14(25,15(18,19)20)16(21,22)23/h2-9,25H,1H3. The predicted octanol–water partition coefficient (Wildman–Crippen LogP) is 4.57. The summed E-state index contributed by atoms with van der Waals surface area (Å²) in [6, 6.07) is 7.74. The van der Waals surface area contributed by atoms with E-state index in [0.717, 1.165) is 29.3 Å². The van der Waals surface area contributed by atoms with Gasteiger partial charge in [0.05, 0.1) is 5.69 Å². The van der Waals surface area contributed by atoms with Crippen LogP contribution in [-0.4, -0.2) is 24.5 Å². The summed E-state index contributed by atoms with van der Waals surface area (Å²) in [5.41, 5.74) is -6.31. The molecule has 0 aliphatic carbocycles. The maximum Gasteiger partial charge on any atom is 0.430 e. The zero-order valence-corrected chi connectivity index (χ0v) is 13.1. The van der Waals surface area contributed by atoms with Crippen LogP contribution < -0.4 is 9.90 Å². The van der Waals surface area contributed by atoms with Crippen molar-refractivity contribution in [1.82, 2.24) is 0 Å². The molecule has 0 unspecified atom stereocenters. The molecule has 0 heterocycles. The largest absolute Gasteiger partial charge is 0.430 e. The van der Waals surface area contributed by atoms with Gasteiger partial charge in [-0.2, -0.15) is 26.3 Å². The first-order chi connectivity index (χ1) is 11.9. The number of hydrogen-bond donors (Lipinski definition) is 1. The molecule has 2 rings (SSSR count). The van der Waals surface area contributed by atoms with Gasteiger partial charge in [0, 0.05) is 18.7 Å². The zero-order valence-electron chi connectivity index (χ0n) is 13.1. The molecule has 3 nitrogen and oxygen atoms in total. The van der Waals surface area contributed by atoms with Crippen LogP contribution in [0.2, 0.25) is 0 Å². The third kappa shape index (κ3) is 3.69. The Morgan fingerprint density at radius 1 is 0.885 bits per heavy atom. The summed E-state index contributed by atoms with van der Waals surface area (Å²) >= 11 is 0. The van der Waals surface area contributed by atoms with Crippen LogP contribution in [0.3, 0.4) is 0 Å². The van der Waals surface area contributed by atoms with Gasteiger partial charge in [-0.1, -0.05) is 18.2 Å². The van der Waals surface area contributed by atoms with Gasteiger partial charge in [-0.3, -0.25) is 0 Å². The normalized spacial score (nSPS) is 12.8. The average molecular weight is 383 g/mol. The van der Waals surface area contributed by atoms with Crippen LogP contribution in [0.1, 0.15) is 5.56 Å². The van der Waals surface area contributed by atoms with Gasteiger partial charge >= 0.3 is 12.4 Å². The van der Waals surface area contributed by atoms with E-state index in [4.69, 9.17) is 4.84 Å². The lowest BCUT2D eigenvalue weighted by Gasteiger charge is -2.32. The Kier molecular flexibility index (Phi) is 5.09. The molecular weight excluding hydrogens is 371 g/mol. The van der Waals surface area contributed by atoms with Crippen molar-refractivity contribution in [2.24, 2.45) is 0 Å². The fourth-order valence-corrected chi connectivity index (χ4v) is 2.14. The number of alkyl halides is 6. The smallest absolute Gasteiger partial charge is 0.380 e. The Morgan fingerprint density at radius 2 is 1.42 bits per heavy atom. The Bertz CT molecular complexity index is 742. The molecule has 0 aliphatic heterocycles. The summed E-state index contributed by atoms with van der Waals surface area (Å²) in [5, 5.41) is 10.3. The van der Waals surface area contributed by atoms with Crippen molar-refractivity contribution >= 4 is 5.69 Å². The minimum absolute atomic E-state index is 0.0682. The fourth-order valence-electron chi connectivity index (χ4n) is 2.14. The Morgan fingerprint density at radius 3 is 1.88 bits per heavy atom. The van der Waals surface area contributed by atoms with Crippen LogP contribution in [0.25, 0.3) is 0 Å². The quantitative estimate of drug-likeness (QED) is 0.620. The van der Waals surface area contributed by atoms with Crippen molar-refractivity contribution < 1.29 is 40.7 Å². The van der Waals surface area contributed by atoms with Crippen molar-refractivity contribution in [1.29, 1.82) is 0 Å². The number of aliphatic hydroxyl groups is 1. The summed E-state index contributed by atoms with van der Waals surface area (Å²) in [6.07, 6.45) is -11.9. The molecule has 0 atom stereocenters. The molecule has 10 heteroatoms. The van der Waals surface area contributed by atoms with Crippen molar-refractivity contribution in [2.75, 3.05) is 12.1 Å². The number of hydroxylamine groups is 1. The number of anilines is 1. The summed E-state index contributed by atoms with van der Waals surface area (Å²) in [4.78, 5) is 5.23. The van der Waals surface area contributed by atoms with Gasteiger partial charge in [-0.15, -0.1) is 0 Å². The lowest BCUT2D eigenvalue weighted by molar-refractivity contribution is -0.376. The highest BCUT2D eigenvalue weighted by Crippen LogP contribution is 2.50. The maximum atomic E-state index is 13.1. The minimum atomic E-state index is -5.96. The molecule has 0 radical (unpaired) electrons. The molecule has 0 saturated heterocycles. The number of benzene rings is 2. The van der Waals surface area contributed by atoms with E-state index in [2.05, 4.69) is 0 Å². The lowest BCUT2D eigenvalue weighted by atomic mass is 9.92. The molecule has 0 aromatic heterocycles. The van der Waals surface area contributed by atoms with Crippen molar-refractivity contribution in [2.45, 2.75) is 18.0 Å². The highest BCUT2D eigenvalue weighted by atomic mass is 19.4. The molecule has 1 N–H and O–H groups in total. The van der Waals surface area contributed by atoms with Crippen LogP contribution in [0, 0.1) is 5.82 Å². The highest BCUT2D eigenvalue weighted by molar-refractivity contribution is 5.47. The van der Waals surface area contributed by atoms with E-state index in [1.165, 1.54) is 19.2 Å². The van der Waals surface area contributed by atoms with E-state index in [9.17, 15) is 35.8 Å². The zero-order chi connectivity index (χ0) is 19.8. The van der Waals surface area contributed by atoms with E-state index in [1.807, 2.05) is 0 Å². The summed E-state index contributed by atoms with van der Waals surface area (Å²) in [6.45, 7) is 0. The second-order valence-corrected chi connectivity index (χ2v) is 5.30. The van der Waals surface area contributed by atoms with Crippen LogP contribution in [0.5, 0.6) is 5.75 Å². The second-order valence-electron chi connectivity index (χ2n) is 5.30. The molecule has 2 aromatic rings. The van der Waals surface area contributed by atoms with Gasteiger partial charge in [-0.25, -0.2) is 9.45 Å². The summed E-state index contributed by atoms with van der Waals surface area (Å²) in [5.74, 6) is -0.523. The number of hydrogen-bond acceptors (Lipinski definition) is 3. The number of halogens is 7. The van der Waals surface area contributed by atoms with E-state index >= 15 is 0 Å². The van der Waals surface area contributed by atoms with Crippen molar-refractivity contribution in [3.05, 3.63) is 59.9 Å². The van der Waals surface area contributed by atoms with E-state index in [1.54, 1.807) is 0 Å². The van der Waals surface area contributed by atoms with Crippen LogP contribution in [0.15, 0.2) is 48.5 Å². The number of nitrogens with zero attached hydrogens (tertiary/aromatic N) is 1. The Hall–Kier alpha value is -2.49. The summed E-state index contributed by atoms with van der Waals surface area (Å²) < 4.78 is 90.1. The van der Waals surface area contributed by atoms with E-state index in [-0.39, 0.29) is 11.4 Å². The van der Waals surface area contributed by atoms with Gasteiger partial charge in [0.1, 0.15) is 5.82 Å². The van der Waals surface area contributed by atoms with E-state index in [0.29, 0.717) is 12.1 Å². The average Bonchev–Trinajstić information content (AvgIpc) is 2.52. The first-order valence-corrected chi connectivity index (χ1v) is 7.00. The molecule has 0 fully saturated rings. The van der Waals surface area contributed by atoms with Gasteiger partial charge in [-0.05, 0) is 24.3 Å².